The molecule has 1 aromatic carbocycles. The number of hydrogen-bond acceptors (Lipinski definition) is 4. The third-order valence-corrected chi connectivity index (χ3v) is 3.22. The highest BCUT2D eigenvalue weighted by atomic mass is 19.4. The molecule has 0 amide bonds. The summed E-state index contributed by atoms with van der Waals surface area (Å²) >= 11 is 0. The predicted octanol–water partition coefficient (Wildman–Crippen LogP) is 2.69. The highest BCUT2D eigenvalue weighted by Crippen LogP contribution is 2.29. The summed E-state index contributed by atoms with van der Waals surface area (Å²) in [6.45, 7) is 4.92. The Bertz CT molecular complexity index is 712. The fraction of sp³-hybridized carbons (Fsp3) is 0.438. The van der Waals surface area contributed by atoms with Gasteiger partial charge in [0.05, 0.1) is 12.1 Å². The Hall–Kier alpha value is -2.58. The first kappa shape index (κ1) is 18.8. The van der Waals surface area contributed by atoms with Crippen molar-refractivity contribution >= 4 is 5.96 Å². The van der Waals surface area contributed by atoms with Crippen LogP contribution in [0.2, 0.25) is 0 Å². The predicted molar refractivity (Wildman–Crippen MR) is 87.0 cm³/mol. The van der Waals surface area contributed by atoms with E-state index in [-0.39, 0.29) is 6.54 Å². The van der Waals surface area contributed by atoms with Crippen molar-refractivity contribution in [3.8, 4) is 0 Å². The molecule has 0 bridgehead atoms. The third kappa shape index (κ3) is 6.09. The molecule has 0 radical (unpaired) electrons. The fourth-order valence-electron chi connectivity index (χ4n) is 2.09. The molecule has 6 nitrogen and oxygen atoms in total. The van der Waals surface area contributed by atoms with Crippen LogP contribution in [-0.4, -0.2) is 29.2 Å². The van der Waals surface area contributed by atoms with E-state index in [2.05, 4.69) is 25.8 Å². The molecule has 0 unspecified atom stereocenters. The standard InChI is InChI=1S/C16H20F3N5O/c1-3-20-15(21-8-7-14-23-11(2)24-25-14)22-10-12-5-4-6-13(9-12)16(17,18)19/h4-6,9H,3,7-8,10H2,1-2H3,(H2,20,21,22). The van der Waals surface area contributed by atoms with E-state index in [0.29, 0.717) is 42.7 Å². The molecular weight excluding hydrogens is 335 g/mol. The SMILES string of the molecule is CCNC(=NCc1cccc(C(F)(F)F)c1)NCCc1nc(C)no1. The summed E-state index contributed by atoms with van der Waals surface area (Å²) in [7, 11) is 0. The van der Waals surface area contributed by atoms with Crippen molar-refractivity contribution in [3.63, 3.8) is 0 Å². The molecule has 0 spiro atoms. The zero-order chi connectivity index (χ0) is 18.3. The number of aromatic nitrogens is 2. The molecule has 25 heavy (non-hydrogen) atoms. The van der Waals surface area contributed by atoms with Crippen molar-refractivity contribution in [2.45, 2.75) is 33.0 Å². The molecular formula is C16H20F3N5O. The Labute approximate surface area is 143 Å². The van der Waals surface area contributed by atoms with Crippen LogP contribution < -0.4 is 10.6 Å². The Morgan fingerprint density at radius 3 is 2.72 bits per heavy atom. The van der Waals surface area contributed by atoms with Crippen LogP contribution in [0.15, 0.2) is 33.8 Å². The van der Waals surface area contributed by atoms with Gasteiger partial charge in [-0.2, -0.15) is 18.2 Å². The monoisotopic (exact) mass is 355 g/mol. The second-order valence-corrected chi connectivity index (χ2v) is 5.31. The quantitative estimate of drug-likeness (QED) is 0.616. The summed E-state index contributed by atoms with van der Waals surface area (Å²) in [5.41, 5.74) is -0.190. The van der Waals surface area contributed by atoms with Gasteiger partial charge in [0, 0.05) is 19.5 Å². The van der Waals surface area contributed by atoms with Crippen molar-refractivity contribution < 1.29 is 17.7 Å². The van der Waals surface area contributed by atoms with E-state index in [1.165, 1.54) is 6.07 Å². The van der Waals surface area contributed by atoms with Gasteiger partial charge >= 0.3 is 6.18 Å². The Morgan fingerprint density at radius 2 is 2.08 bits per heavy atom. The zero-order valence-electron chi connectivity index (χ0n) is 14.0. The minimum atomic E-state index is -4.36. The van der Waals surface area contributed by atoms with Gasteiger partial charge in [0.2, 0.25) is 5.89 Å². The molecule has 2 rings (SSSR count). The maximum absolute atomic E-state index is 12.7. The van der Waals surface area contributed by atoms with E-state index >= 15 is 0 Å². The minimum Gasteiger partial charge on any atom is -0.357 e. The molecule has 0 aliphatic heterocycles. The van der Waals surface area contributed by atoms with E-state index < -0.39 is 11.7 Å². The second kappa shape index (κ2) is 8.50. The molecule has 0 fully saturated rings. The largest absolute Gasteiger partial charge is 0.416 e. The smallest absolute Gasteiger partial charge is 0.357 e. The first-order valence-electron chi connectivity index (χ1n) is 7.86. The van der Waals surface area contributed by atoms with Gasteiger partial charge in [-0.15, -0.1) is 0 Å². The summed E-state index contributed by atoms with van der Waals surface area (Å²) in [5.74, 6) is 1.59. The van der Waals surface area contributed by atoms with Crippen LogP contribution in [0.4, 0.5) is 13.2 Å². The lowest BCUT2D eigenvalue weighted by molar-refractivity contribution is -0.137. The van der Waals surface area contributed by atoms with E-state index in [1.807, 2.05) is 6.92 Å². The van der Waals surface area contributed by atoms with Crippen LogP contribution in [0.5, 0.6) is 0 Å². The topological polar surface area (TPSA) is 75.3 Å². The number of aryl methyl sites for hydroxylation is 1. The lowest BCUT2D eigenvalue weighted by Crippen LogP contribution is -2.38. The number of nitrogens with zero attached hydrogens (tertiary/aromatic N) is 3. The van der Waals surface area contributed by atoms with Crippen molar-refractivity contribution in [3.05, 3.63) is 47.1 Å². The van der Waals surface area contributed by atoms with Gasteiger partial charge in [-0.05, 0) is 31.5 Å². The van der Waals surface area contributed by atoms with Crippen molar-refractivity contribution in [2.24, 2.45) is 4.99 Å². The Morgan fingerprint density at radius 1 is 1.28 bits per heavy atom. The summed E-state index contributed by atoms with van der Waals surface area (Å²) in [5, 5.41) is 9.82. The fourth-order valence-corrected chi connectivity index (χ4v) is 2.09. The van der Waals surface area contributed by atoms with Crippen molar-refractivity contribution in [1.29, 1.82) is 0 Å². The highest BCUT2D eigenvalue weighted by molar-refractivity contribution is 5.79. The summed E-state index contributed by atoms with van der Waals surface area (Å²) in [6.07, 6.45) is -3.83. The van der Waals surface area contributed by atoms with Gasteiger partial charge in [0.25, 0.3) is 0 Å². The van der Waals surface area contributed by atoms with Crippen LogP contribution in [-0.2, 0) is 19.1 Å². The Kier molecular flexibility index (Phi) is 6.37. The molecule has 0 saturated heterocycles. The molecule has 136 valence electrons. The number of guanidine groups is 1. The Balaban J connectivity index is 1.94. The number of aliphatic imine (C=N–C) groups is 1. The average molecular weight is 355 g/mol. The first-order chi connectivity index (χ1) is 11.9. The molecule has 0 saturated carbocycles. The second-order valence-electron chi connectivity index (χ2n) is 5.31. The first-order valence-corrected chi connectivity index (χ1v) is 7.86. The third-order valence-electron chi connectivity index (χ3n) is 3.22. The van der Waals surface area contributed by atoms with Crippen LogP contribution in [0.25, 0.3) is 0 Å². The zero-order valence-corrected chi connectivity index (χ0v) is 14.0. The number of hydrogen-bond donors (Lipinski definition) is 2. The maximum Gasteiger partial charge on any atom is 0.416 e. The molecule has 2 N–H and O–H groups in total. The summed E-state index contributed by atoms with van der Waals surface area (Å²) in [4.78, 5) is 8.40. The maximum atomic E-state index is 12.7. The lowest BCUT2D eigenvalue weighted by atomic mass is 10.1. The number of rotatable bonds is 6. The van der Waals surface area contributed by atoms with Gasteiger partial charge in [-0.3, -0.25) is 0 Å². The van der Waals surface area contributed by atoms with E-state index in [4.69, 9.17) is 4.52 Å². The van der Waals surface area contributed by atoms with E-state index in [9.17, 15) is 13.2 Å². The van der Waals surface area contributed by atoms with Gasteiger partial charge in [0.1, 0.15) is 0 Å². The molecule has 0 aliphatic rings. The van der Waals surface area contributed by atoms with Crippen LogP contribution in [0.3, 0.4) is 0 Å². The van der Waals surface area contributed by atoms with Crippen LogP contribution in [0, 0.1) is 6.92 Å². The van der Waals surface area contributed by atoms with Crippen LogP contribution in [0.1, 0.15) is 29.8 Å². The number of nitrogens with one attached hydrogen (secondary N) is 2. The van der Waals surface area contributed by atoms with Gasteiger partial charge in [0.15, 0.2) is 11.8 Å². The number of benzene rings is 1. The average Bonchev–Trinajstić information content (AvgIpc) is 2.97. The van der Waals surface area contributed by atoms with E-state index in [0.717, 1.165) is 12.1 Å². The summed E-state index contributed by atoms with van der Waals surface area (Å²) in [6, 6.07) is 5.15. The van der Waals surface area contributed by atoms with Gasteiger partial charge < -0.3 is 15.2 Å². The molecule has 1 aromatic heterocycles. The van der Waals surface area contributed by atoms with Gasteiger partial charge in [-0.25, -0.2) is 4.99 Å². The lowest BCUT2D eigenvalue weighted by Gasteiger charge is -2.11. The molecule has 9 heteroatoms. The molecule has 1 heterocycles. The number of alkyl halides is 3. The van der Waals surface area contributed by atoms with Gasteiger partial charge in [-0.1, -0.05) is 17.3 Å². The van der Waals surface area contributed by atoms with Crippen molar-refractivity contribution in [2.75, 3.05) is 13.1 Å². The molecule has 0 aliphatic carbocycles. The number of halogens is 3. The minimum absolute atomic E-state index is 0.138. The molecule has 0 atom stereocenters. The highest BCUT2D eigenvalue weighted by Gasteiger charge is 2.30. The summed E-state index contributed by atoms with van der Waals surface area (Å²) < 4.78 is 43.2. The van der Waals surface area contributed by atoms with Crippen LogP contribution >= 0.6 is 0 Å². The molecule has 2 aromatic rings. The van der Waals surface area contributed by atoms with E-state index in [1.54, 1.807) is 13.0 Å². The van der Waals surface area contributed by atoms with Crippen molar-refractivity contribution in [1.82, 2.24) is 20.8 Å². The normalized spacial score (nSPS) is 12.3.